The first-order chi connectivity index (χ1) is 14.1. The van der Waals surface area contributed by atoms with Gasteiger partial charge in [0.25, 0.3) is 0 Å². The van der Waals surface area contributed by atoms with Crippen LogP contribution in [0.3, 0.4) is 0 Å². The Morgan fingerprint density at radius 1 is 1.07 bits per heavy atom. The van der Waals surface area contributed by atoms with E-state index >= 15 is 0 Å². The fraction of sp³-hybridized carbons (Fsp3) is 0.417. The number of hydrogen-bond acceptors (Lipinski definition) is 3. The van der Waals surface area contributed by atoms with Gasteiger partial charge in [-0.25, -0.2) is 4.79 Å². The standard InChI is InChI=1S/C24H30N4O/c1-18-7-6-10-22-23(18)19(2)28(26-22)24(29)25-17-21-12-15-27(16-13-21)14-11-20-8-4-3-5-9-20/h3-10,21H,11-17H2,1-2H3,(H,25,29). The number of nitrogens with one attached hydrogen (secondary N) is 1. The van der Waals surface area contributed by atoms with Gasteiger partial charge in [0, 0.05) is 18.5 Å². The highest BCUT2D eigenvalue weighted by Crippen LogP contribution is 2.21. The van der Waals surface area contributed by atoms with Crippen molar-refractivity contribution < 1.29 is 4.79 Å². The van der Waals surface area contributed by atoms with Crippen molar-refractivity contribution in [3.8, 4) is 0 Å². The van der Waals surface area contributed by atoms with Gasteiger partial charge < -0.3 is 10.2 Å². The molecule has 0 unspecified atom stereocenters. The third-order valence-electron chi connectivity index (χ3n) is 6.14. The van der Waals surface area contributed by atoms with Gasteiger partial charge in [0.15, 0.2) is 0 Å². The minimum absolute atomic E-state index is 0.121. The number of hydrogen-bond donors (Lipinski definition) is 1. The lowest BCUT2D eigenvalue weighted by Gasteiger charge is -2.32. The first kappa shape index (κ1) is 19.6. The maximum absolute atomic E-state index is 12.7. The summed E-state index contributed by atoms with van der Waals surface area (Å²) in [6.07, 6.45) is 3.37. The first-order valence-corrected chi connectivity index (χ1v) is 10.6. The zero-order valence-corrected chi connectivity index (χ0v) is 17.4. The molecule has 1 aromatic heterocycles. The molecule has 1 saturated heterocycles. The van der Waals surface area contributed by atoms with E-state index in [-0.39, 0.29) is 6.03 Å². The van der Waals surface area contributed by atoms with Gasteiger partial charge in [-0.15, -0.1) is 0 Å². The molecule has 1 aliphatic heterocycles. The maximum atomic E-state index is 12.7. The summed E-state index contributed by atoms with van der Waals surface area (Å²) in [5, 5.41) is 8.68. The SMILES string of the molecule is Cc1cccc2nn(C(=O)NCC3CCN(CCc4ccccc4)CC3)c(C)c12. The van der Waals surface area contributed by atoms with Crippen LogP contribution in [0.2, 0.25) is 0 Å². The number of aryl methyl sites for hydroxylation is 2. The molecule has 0 saturated carbocycles. The van der Waals surface area contributed by atoms with Crippen molar-refractivity contribution in [3.05, 3.63) is 65.4 Å². The Morgan fingerprint density at radius 2 is 1.83 bits per heavy atom. The first-order valence-electron chi connectivity index (χ1n) is 10.6. The zero-order valence-electron chi connectivity index (χ0n) is 17.4. The van der Waals surface area contributed by atoms with E-state index in [4.69, 9.17) is 0 Å². The summed E-state index contributed by atoms with van der Waals surface area (Å²) in [4.78, 5) is 15.2. The van der Waals surface area contributed by atoms with Gasteiger partial charge in [-0.3, -0.25) is 0 Å². The van der Waals surface area contributed by atoms with Crippen molar-refractivity contribution in [2.45, 2.75) is 33.1 Å². The van der Waals surface area contributed by atoms with Gasteiger partial charge in [-0.05, 0) is 69.3 Å². The molecular weight excluding hydrogens is 360 g/mol. The number of carbonyl (C=O) groups is 1. The number of carbonyl (C=O) groups excluding carboxylic acids is 1. The van der Waals surface area contributed by atoms with E-state index in [1.54, 1.807) is 0 Å². The molecule has 0 radical (unpaired) electrons. The Morgan fingerprint density at radius 3 is 2.55 bits per heavy atom. The Labute approximate surface area is 172 Å². The molecular formula is C24H30N4O. The van der Waals surface area contributed by atoms with E-state index in [2.05, 4.69) is 58.6 Å². The Balaban J connectivity index is 1.26. The second kappa shape index (κ2) is 8.78. The van der Waals surface area contributed by atoms with Gasteiger partial charge >= 0.3 is 6.03 Å². The van der Waals surface area contributed by atoms with Gasteiger partial charge in [0.1, 0.15) is 0 Å². The van der Waals surface area contributed by atoms with Crippen molar-refractivity contribution in [2.75, 3.05) is 26.2 Å². The number of likely N-dealkylation sites (tertiary alicyclic amines) is 1. The van der Waals surface area contributed by atoms with Gasteiger partial charge in [0.2, 0.25) is 0 Å². The van der Waals surface area contributed by atoms with Crippen LogP contribution < -0.4 is 5.32 Å². The number of piperidine rings is 1. The molecule has 4 rings (SSSR count). The van der Waals surface area contributed by atoms with Crippen molar-refractivity contribution in [2.24, 2.45) is 5.92 Å². The van der Waals surface area contributed by atoms with Crippen LogP contribution in [0.1, 0.15) is 29.7 Å². The van der Waals surface area contributed by atoms with Crippen LogP contribution in [-0.4, -0.2) is 46.9 Å². The molecule has 0 bridgehead atoms. The second-order valence-corrected chi connectivity index (χ2v) is 8.17. The van der Waals surface area contributed by atoms with Gasteiger partial charge in [-0.2, -0.15) is 9.78 Å². The predicted octanol–water partition coefficient (Wildman–Crippen LogP) is 4.17. The molecule has 152 valence electrons. The van der Waals surface area contributed by atoms with Crippen LogP contribution in [0, 0.1) is 19.8 Å². The van der Waals surface area contributed by atoms with E-state index in [1.165, 1.54) is 10.2 Å². The van der Waals surface area contributed by atoms with Crippen molar-refractivity contribution in [1.82, 2.24) is 20.0 Å². The lowest BCUT2D eigenvalue weighted by Crippen LogP contribution is -2.40. The molecule has 2 heterocycles. The molecule has 0 atom stereocenters. The molecule has 29 heavy (non-hydrogen) atoms. The highest BCUT2D eigenvalue weighted by atomic mass is 16.2. The Kier molecular flexibility index (Phi) is 5.95. The molecule has 2 aromatic carbocycles. The lowest BCUT2D eigenvalue weighted by atomic mass is 9.96. The molecule has 1 aliphatic rings. The molecule has 1 N–H and O–H groups in total. The van der Waals surface area contributed by atoms with Crippen LogP contribution in [0.25, 0.3) is 10.9 Å². The molecule has 5 nitrogen and oxygen atoms in total. The van der Waals surface area contributed by atoms with E-state index in [0.29, 0.717) is 5.92 Å². The number of nitrogens with zero attached hydrogens (tertiary/aromatic N) is 3. The van der Waals surface area contributed by atoms with Crippen molar-refractivity contribution in [3.63, 3.8) is 0 Å². The van der Waals surface area contributed by atoms with Crippen molar-refractivity contribution in [1.29, 1.82) is 0 Å². The minimum atomic E-state index is -0.121. The number of fused-ring (bicyclic) bond motifs is 1. The molecule has 5 heteroatoms. The number of amides is 1. The van der Waals surface area contributed by atoms with Crippen molar-refractivity contribution >= 4 is 16.9 Å². The summed E-state index contributed by atoms with van der Waals surface area (Å²) in [5.74, 6) is 0.541. The largest absolute Gasteiger partial charge is 0.342 e. The Hall–Kier alpha value is -2.66. The fourth-order valence-corrected chi connectivity index (χ4v) is 4.35. The third-order valence-corrected chi connectivity index (χ3v) is 6.14. The molecule has 3 aromatic rings. The van der Waals surface area contributed by atoms with E-state index in [9.17, 15) is 4.79 Å². The van der Waals surface area contributed by atoms with Gasteiger partial charge in [0.05, 0.1) is 11.2 Å². The van der Waals surface area contributed by atoms with Crippen LogP contribution in [0.4, 0.5) is 4.79 Å². The van der Waals surface area contributed by atoms with E-state index in [1.807, 2.05) is 19.1 Å². The smallest absolute Gasteiger partial charge is 0.336 e. The van der Waals surface area contributed by atoms with E-state index in [0.717, 1.165) is 67.6 Å². The normalized spacial score (nSPS) is 15.7. The maximum Gasteiger partial charge on any atom is 0.342 e. The van der Waals surface area contributed by atoms with Crippen LogP contribution in [-0.2, 0) is 6.42 Å². The monoisotopic (exact) mass is 390 g/mol. The fourth-order valence-electron chi connectivity index (χ4n) is 4.35. The number of benzene rings is 2. The highest BCUT2D eigenvalue weighted by molar-refractivity contribution is 5.89. The molecule has 1 fully saturated rings. The second-order valence-electron chi connectivity index (χ2n) is 8.17. The summed E-state index contributed by atoms with van der Waals surface area (Å²) in [5.41, 5.74) is 4.34. The summed E-state index contributed by atoms with van der Waals surface area (Å²) in [6.45, 7) is 8.08. The van der Waals surface area contributed by atoms with Crippen LogP contribution >= 0.6 is 0 Å². The zero-order chi connectivity index (χ0) is 20.2. The number of aromatic nitrogens is 2. The lowest BCUT2D eigenvalue weighted by molar-refractivity contribution is 0.182. The average molecular weight is 391 g/mol. The summed E-state index contributed by atoms with van der Waals surface area (Å²) < 4.78 is 1.52. The topological polar surface area (TPSA) is 50.2 Å². The Bertz CT molecular complexity index is 971. The minimum Gasteiger partial charge on any atom is -0.336 e. The third kappa shape index (κ3) is 4.51. The quantitative estimate of drug-likeness (QED) is 0.711. The average Bonchev–Trinajstić information content (AvgIpc) is 3.10. The summed E-state index contributed by atoms with van der Waals surface area (Å²) >= 11 is 0. The molecule has 1 amide bonds. The molecule has 0 aliphatic carbocycles. The van der Waals surface area contributed by atoms with Crippen LogP contribution in [0.5, 0.6) is 0 Å². The highest BCUT2D eigenvalue weighted by Gasteiger charge is 2.21. The predicted molar refractivity (Wildman–Crippen MR) is 117 cm³/mol. The summed E-state index contributed by atoms with van der Waals surface area (Å²) in [7, 11) is 0. The summed E-state index contributed by atoms with van der Waals surface area (Å²) in [6, 6.07) is 16.6. The van der Waals surface area contributed by atoms with E-state index < -0.39 is 0 Å². The number of rotatable bonds is 5. The molecule has 0 spiro atoms. The van der Waals surface area contributed by atoms with Gasteiger partial charge in [-0.1, -0.05) is 42.5 Å². The van der Waals surface area contributed by atoms with Crippen LogP contribution in [0.15, 0.2) is 48.5 Å².